The molecular formula is C12H24N2O3. The van der Waals surface area contributed by atoms with Crippen LogP contribution in [0.15, 0.2) is 0 Å². The van der Waals surface area contributed by atoms with Gasteiger partial charge < -0.3 is 14.5 Å². The zero-order valence-electron chi connectivity index (χ0n) is 11.3. The van der Waals surface area contributed by atoms with Crippen LogP contribution in [0.3, 0.4) is 0 Å². The highest BCUT2D eigenvalue weighted by molar-refractivity contribution is 5.74. The topological polar surface area (TPSA) is 49.9 Å². The second-order valence-electron chi connectivity index (χ2n) is 4.66. The van der Waals surface area contributed by atoms with Crippen LogP contribution in [0, 0.1) is 11.8 Å². The van der Waals surface area contributed by atoms with Gasteiger partial charge in [0.15, 0.2) is 0 Å². The molecule has 2 fully saturated rings. The van der Waals surface area contributed by atoms with Crippen LogP contribution in [0.5, 0.6) is 0 Å². The first-order valence-electron chi connectivity index (χ1n) is 5.86. The Balaban J connectivity index is 0.000000265. The second kappa shape index (κ2) is 8.20. The first-order valence-corrected chi connectivity index (χ1v) is 5.86. The maximum Gasteiger partial charge on any atom is 0.219 e. The molecule has 0 aliphatic carbocycles. The van der Waals surface area contributed by atoms with Crippen molar-refractivity contribution in [2.45, 2.75) is 20.8 Å². The Labute approximate surface area is 104 Å². The monoisotopic (exact) mass is 244 g/mol. The zero-order chi connectivity index (χ0) is 13.4. The molecule has 0 atom stereocenters. The first kappa shape index (κ1) is 16.1. The predicted molar refractivity (Wildman–Crippen MR) is 66.3 cm³/mol. The van der Waals surface area contributed by atoms with Gasteiger partial charge >= 0.3 is 0 Å². The Morgan fingerprint density at radius 1 is 1.12 bits per heavy atom. The van der Waals surface area contributed by atoms with E-state index in [1.54, 1.807) is 14.0 Å². The quantitative estimate of drug-likeness (QED) is 0.684. The van der Waals surface area contributed by atoms with Gasteiger partial charge in [0.1, 0.15) is 6.79 Å². The molecule has 0 spiro atoms. The molecule has 0 bridgehead atoms. The number of nitrogens with zero attached hydrogens (tertiary/aromatic N) is 2. The van der Waals surface area contributed by atoms with Gasteiger partial charge in [-0.25, -0.2) is 0 Å². The molecule has 5 nitrogen and oxygen atoms in total. The number of hydrogen-bond acceptors (Lipinski definition) is 4. The summed E-state index contributed by atoms with van der Waals surface area (Å²) in [5.74, 6) is 1.79. The first-order chi connectivity index (χ1) is 8.02. The lowest BCUT2D eigenvalue weighted by Crippen LogP contribution is -2.47. The van der Waals surface area contributed by atoms with Crippen LogP contribution in [-0.2, 0) is 14.4 Å². The van der Waals surface area contributed by atoms with Crippen molar-refractivity contribution in [3.63, 3.8) is 0 Å². The molecule has 5 heteroatoms. The molecule has 100 valence electrons. The normalized spacial score (nSPS) is 20.1. The number of rotatable bonds is 1. The molecule has 1 amide bonds. The van der Waals surface area contributed by atoms with Gasteiger partial charge in [-0.05, 0) is 11.8 Å². The van der Waals surface area contributed by atoms with Crippen LogP contribution in [0.25, 0.3) is 0 Å². The standard InChI is InChI=1S/C6H11NO.C5H11NO.CH2O/c1-5-3-7(4-5)6(2)8;1-5-3-6(4-5)7-2;1-2/h5H,3-4H2,1-2H3;5H,3-4H2,1-2H3;1H2. The fourth-order valence-electron chi connectivity index (χ4n) is 1.75. The Morgan fingerprint density at radius 2 is 1.53 bits per heavy atom. The molecule has 2 saturated heterocycles. The summed E-state index contributed by atoms with van der Waals surface area (Å²) >= 11 is 0. The zero-order valence-corrected chi connectivity index (χ0v) is 11.3. The Kier molecular flexibility index (Phi) is 7.74. The van der Waals surface area contributed by atoms with E-state index in [2.05, 4.69) is 13.8 Å². The van der Waals surface area contributed by atoms with Crippen molar-refractivity contribution in [2.75, 3.05) is 33.3 Å². The predicted octanol–water partition coefficient (Wildman–Crippen LogP) is 0.799. The molecule has 0 saturated carbocycles. The van der Waals surface area contributed by atoms with Crippen LogP contribution in [0.1, 0.15) is 20.8 Å². The summed E-state index contributed by atoms with van der Waals surface area (Å²) in [5.41, 5.74) is 0. The lowest BCUT2D eigenvalue weighted by atomic mass is 10.0. The van der Waals surface area contributed by atoms with Crippen molar-refractivity contribution in [2.24, 2.45) is 11.8 Å². The lowest BCUT2D eigenvalue weighted by Gasteiger charge is -2.36. The molecule has 2 aliphatic heterocycles. The third-order valence-corrected chi connectivity index (χ3v) is 2.80. The highest BCUT2D eigenvalue weighted by Gasteiger charge is 2.23. The van der Waals surface area contributed by atoms with Crippen molar-refractivity contribution in [1.82, 2.24) is 9.96 Å². The van der Waals surface area contributed by atoms with E-state index >= 15 is 0 Å². The van der Waals surface area contributed by atoms with Gasteiger partial charge in [-0.1, -0.05) is 13.8 Å². The van der Waals surface area contributed by atoms with Crippen molar-refractivity contribution >= 4 is 12.7 Å². The summed E-state index contributed by atoms with van der Waals surface area (Å²) in [6.07, 6.45) is 0. The van der Waals surface area contributed by atoms with E-state index in [0.29, 0.717) is 0 Å². The number of carbonyl (C=O) groups excluding carboxylic acids is 2. The Morgan fingerprint density at radius 3 is 1.65 bits per heavy atom. The summed E-state index contributed by atoms with van der Waals surface area (Å²) in [4.78, 5) is 25.2. The minimum Gasteiger partial charge on any atom is -0.342 e. The van der Waals surface area contributed by atoms with E-state index in [1.165, 1.54) is 0 Å². The molecule has 2 heterocycles. The highest BCUT2D eigenvalue weighted by atomic mass is 16.7. The van der Waals surface area contributed by atoms with Crippen molar-refractivity contribution in [3.05, 3.63) is 0 Å². The Bertz CT molecular complexity index is 224. The van der Waals surface area contributed by atoms with E-state index in [4.69, 9.17) is 9.63 Å². The van der Waals surface area contributed by atoms with Gasteiger partial charge in [0.2, 0.25) is 5.91 Å². The maximum absolute atomic E-state index is 10.5. The Hall–Kier alpha value is -0.940. The number of carbonyl (C=O) groups is 2. The van der Waals surface area contributed by atoms with E-state index in [9.17, 15) is 4.79 Å². The molecule has 17 heavy (non-hydrogen) atoms. The molecule has 2 rings (SSSR count). The smallest absolute Gasteiger partial charge is 0.219 e. The van der Waals surface area contributed by atoms with E-state index in [0.717, 1.165) is 38.0 Å². The fourth-order valence-corrected chi connectivity index (χ4v) is 1.75. The lowest BCUT2D eigenvalue weighted by molar-refractivity contribution is -0.194. The minimum atomic E-state index is 0.211. The van der Waals surface area contributed by atoms with Crippen LogP contribution in [0.2, 0.25) is 0 Å². The van der Waals surface area contributed by atoms with Gasteiger partial charge in [-0.2, -0.15) is 5.06 Å². The molecule has 0 aromatic rings. The van der Waals surface area contributed by atoms with Gasteiger partial charge in [0.05, 0.1) is 7.11 Å². The molecule has 0 N–H and O–H groups in total. The average molecular weight is 244 g/mol. The number of likely N-dealkylation sites (tertiary alicyclic amines) is 1. The van der Waals surface area contributed by atoms with Crippen LogP contribution >= 0.6 is 0 Å². The molecular weight excluding hydrogens is 220 g/mol. The van der Waals surface area contributed by atoms with Crippen molar-refractivity contribution in [3.8, 4) is 0 Å². The van der Waals surface area contributed by atoms with Crippen LogP contribution in [-0.4, -0.2) is 55.9 Å². The third kappa shape index (κ3) is 5.79. The summed E-state index contributed by atoms with van der Waals surface area (Å²) in [6.45, 7) is 12.1. The van der Waals surface area contributed by atoms with Crippen molar-refractivity contribution < 1.29 is 14.4 Å². The SMILES string of the molecule is C=O.CC(=O)N1CC(C)C1.CON1CC(C)C1. The van der Waals surface area contributed by atoms with E-state index in [-0.39, 0.29) is 5.91 Å². The molecule has 0 radical (unpaired) electrons. The third-order valence-electron chi connectivity index (χ3n) is 2.80. The van der Waals surface area contributed by atoms with Crippen LogP contribution in [0.4, 0.5) is 0 Å². The number of hydrogen-bond donors (Lipinski definition) is 0. The van der Waals surface area contributed by atoms with Gasteiger partial charge in [0.25, 0.3) is 0 Å². The van der Waals surface area contributed by atoms with Gasteiger partial charge in [-0.3, -0.25) is 4.79 Å². The summed E-state index contributed by atoms with van der Waals surface area (Å²) < 4.78 is 0. The minimum absolute atomic E-state index is 0.211. The molecule has 0 aromatic carbocycles. The highest BCUT2D eigenvalue weighted by Crippen LogP contribution is 2.13. The number of hydroxylamine groups is 2. The van der Waals surface area contributed by atoms with Crippen molar-refractivity contribution in [1.29, 1.82) is 0 Å². The summed E-state index contributed by atoms with van der Waals surface area (Å²) in [5, 5.41) is 1.95. The molecule has 2 aliphatic rings. The number of amides is 1. The summed E-state index contributed by atoms with van der Waals surface area (Å²) in [6, 6.07) is 0. The van der Waals surface area contributed by atoms with Crippen LogP contribution < -0.4 is 0 Å². The van der Waals surface area contributed by atoms with Gasteiger partial charge in [0, 0.05) is 33.1 Å². The largest absolute Gasteiger partial charge is 0.342 e. The van der Waals surface area contributed by atoms with E-state index < -0.39 is 0 Å². The van der Waals surface area contributed by atoms with Gasteiger partial charge in [-0.15, -0.1) is 0 Å². The average Bonchev–Trinajstić information content (AvgIpc) is 2.24. The van der Waals surface area contributed by atoms with E-state index in [1.807, 2.05) is 16.8 Å². The molecule has 0 aromatic heterocycles. The fraction of sp³-hybridized carbons (Fsp3) is 0.833. The second-order valence-corrected chi connectivity index (χ2v) is 4.66. The summed E-state index contributed by atoms with van der Waals surface area (Å²) in [7, 11) is 1.71. The maximum atomic E-state index is 10.5. The molecule has 0 unspecified atom stereocenters.